The first kappa shape index (κ1) is 12.3. The zero-order chi connectivity index (χ0) is 11.4. The molecule has 0 aliphatic carbocycles. The minimum atomic E-state index is -0.200. The van der Waals surface area contributed by atoms with Gasteiger partial charge in [-0.05, 0) is 25.8 Å². The van der Waals surface area contributed by atoms with Gasteiger partial charge in [-0.1, -0.05) is 13.8 Å². The van der Waals surface area contributed by atoms with Crippen molar-refractivity contribution in [3.8, 4) is 0 Å². The molecule has 1 aliphatic rings. The van der Waals surface area contributed by atoms with Gasteiger partial charge in [0, 0.05) is 12.6 Å². The van der Waals surface area contributed by atoms with E-state index in [1.165, 1.54) is 7.11 Å². The van der Waals surface area contributed by atoms with Crippen molar-refractivity contribution in [3.63, 3.8) is 0 Å². The van der Waals surface area contributed by atoms with Crippen LogP contribution in [0.5, 0.6) is 0 Å². The molecule has 0 aromatic carbocycles. The lowest BCUT2D eigenvalue weighted by atomic mass is 9.88. The molecule has 0 aromatic heterocycles. The van der Waals surface area contributed by atoms with E-state index < -0.39 is 0 Å². The summed E-state index contributed by atoms with van der Waals surface area (Å²) in [6, 6.07) is 0.633. The van der Waals surface area contributed by atoms with Crippen molar-refractivity contribution in [2.24, 2.45) is 5.92 Å². The van der Waals surface area contributed by atoms with Gasteiger partial charge in [0.05, 0.1) is 13.2 Å². The molecule has 1 saturated heterocycles. The lowest BCUT2D eigenvalue weighted by Gasteiger charge is -2.42. The molecule has 0 aromatic rings. The van der Waals surface area contributed by atoms with Gasteiger partial charge in [-0.3, -0.25) is 0 Å². The summed E-state index contributed by atoms with van der Waals surface area (Å²) in [6.07, 6.45) is 1.98. The lowest BCUT2D eigenvalue weighted by Crippen LogP contribution is -2.57. The molecule has 4 nitrogen and oxygen atoms in total. The van der Waals surface area contributed by atoms with Crippen molar-refractivity contribution < 1.29 is 9.53 Å². The van der Waals surface area contributed by atoms with Crippen molar-refractivity contribution in [3.05, 3.63) is 0 Å². The number of amides is 1. The Morgan fingerprint density at radius 3 is 2.67 bits per heavy atom. The van der Waals surface area contributed by atoms with Gasteiger partial charge >= 0.3 is 6.09 Å². The fraction of sp³-hybridized carbons (Fsp3) is 0.909. The minimum Gasteiger partial charge on any atom is -0.453 e. The molecule has 0 saturated carbocycles. The Bertz CT molecular complexity index is 219. The van der Waals surface area contributed by atoms with E-state index in [1.54, 1.807) is 0 Å². The summed E-state index contributed by atoms with van der Waals surface area (Å²) in [4.78, 5) is 13.5. The van der Waals surface area contributed by atoms with E-state index in [4.69, 9.17) is 4.74 Å². The van der Waals surface area contributed by atoms with Crippen molar-refractivity contribution in [1.82, 2.24) is 10.2 Å². The molecular formula is C11H22N2O2. The highest BCUT2D eigenvalue weighted by molar-refractivity contribution is 5.68. The molecule has 15 heavy (non-hydrogen) atoms. The first-order valence-corrected chi connectivity index (χ1v) is 5.63. The summed E-state index contributed by atoms with van der Waals surface area (Å²) in [6.45, 7) is 5.11. The van der Waals surface area contributed by atoms with Crippen LogP contribution in [-0.4, -0.2) is 43.8 Å². The Morgan fingerprint density at radius 1 is 1.53 bits per heavy atom. The third-order valence-corrected chi connectivity index (χ3v) is 3.15. The van der Waals surface area contributed by atoms with Crippen LogP contribution in [0.15, 0.2) is 0 Å². The van der Waals surface area contributed by atoms with E-state index in [0.717, 1.165) is 19.4 Å². The average molecular weight is 214 g/mol. The number of carbonyl (C=O) groups excluding carboxylic acids is 1. The minimum absolute atomic E-state index is 0.200. The summed E-state index contributed by atoms with van der Waals surface area (Å²) in [5.74, 6) is 0.446. The van der Waals surface area contributed by atoms with Crippen LogP contribution in [0.25, 0.3) is 0 Å². The van der Waals surface area contributed by atoms with E-state index in [0.29, 0.717) is 12.0 Å². The molecule has 1 amide bonds. The molecule has 0 radical (unpaired) electrons. The Hall–Kier alpha value is -0.770. The van der Waals surface area contributed by atoms with Gasteiger partial charge in [-0.15, -0.1) is 0 Å². The Balaban J connectivity index is 2.78. The predicted octanol–water partition coefficient (Wildman–Crippen LogP) is 1.46. The summed E-state index contributed by atoms with van der Waals surface area (Å²) in [5.41, 5.74) is 0. The van der Waals surface area contributed by atoms with E-state index in [1.807, 2.05) is 11.9 Å². The van der Waals surface area contributed by atoms with Crippen molar-refractivity contribution >= 4 is 6.09 Å². The van der Waals surface area contributed by atoms with Crippen LogP contribution >= 0.6 is 0 Å². The zero-order valence-corrected chi connectivity index (χ0v) is 10.1. The molecule has 4 heteroatoms. The largest absolute Gasteiger partial charge is 0.453 e. The number of likely N-dealkylation sites (tertiary alicyclic amines) is 1. The van der Waals surface area contributed by atoms with Gasteiger partial charge in [0.15, 0.2) is 0 Å². The number of methoxy groups -OCH3 is 1. The first-order chi connectivity index (χ1) is 7.11. The Labute approximate surface area is 92.0 Å². The molecule has 88 valence electrons. The fourth-order valence-electron chi connectivity index (χ4n) is 2.49. The molecule has 2 atom stereocenters. The summed E-state index contributed by atoms with van der Waals surface area (Å²) < 4.78 is 4.82. The number of hydrogen-bond acceptors (Lipinski definition) is 3. The molecule has 0 bridgehead atoms. The van der Waals surface area contributed by atoms with E-state index >= 15 is 0 Å². The van der Waals surface area contributed by atoms with Gasteiger partial charge in [0.2, 0.25) is 0 Å². The monoisotopic (exact) mass is 214 g/mol. The highest BCUT2D eigenvalue weighted by Gasteiger charge is 2.35. The van der Waals surface area contributed by atoms with Crippen LogP contribution in [0.2, 0.25) is 0 Å². The molecular weight excluding hydrogens is 192 g/mol. The number of hydrogen-bond donors (Lipinski definition) is 1. The zero-order valence-electron chi connectivity index (χ0n) is 10.1. The van der Waals surface area contributed by atoms with Crippen LogP contribution < -0.4 is 5.32 Å². The lowest BCUT2D eigenvalue weighted by molar-refractivity contribution is 0.0596. The van der Waals surface area contributed by atoms with Gasteiger partial charge in [0.1, 0.15) is 0 Å². The number of ether oxygens (including phenoxy) is 1. The third-order valence-electron chi connectivity index (χ3n) is 3.15. The van der Waals surface area contributed by atoms with E-state index in [-0.39, 0.29) is 12.1 Å². The molecule has 1 N–H and O–H groups in total. The van der Waals surface area contributed by atoms with E-state index in [2.05, 4.69) is 19.2 Å². The number of carbonyl (C=O) groups is 1. The second kappa shape index (κ2) is 5.35. The summed E-state index contributed by atoms with van der Waals surface area (Å²) in [5, 5.41) is 3.29. The van der Waals surface area contributed by atoms with Gasteiger partial charge < -0.3 is 15.0 Å². The van der Waals surface area contributed by atoms with Crippen LogP contribution in [0.4, 0.5) is 4.79 Å². The van der Waals surface area contributed by atoms with Crippen molar-refractivity contribution in [2.45, 2.75) is 38.8 Å². The second-order valence-electron chi connectivity index (χ2n) is 4.44. The maximum atomic E-state index is 11.6. The topological polar surface area (TPSA) is 41.6 Å². The highest BCUT2D eigenvalue weighted by Crippen LogP contribution is 2.24. The predicted molar refractivity (Wildman–Crippen MR) is 59.8 cm³/mol. The molecule has 1 rings (SSSR count). The van der Waals surface area contributed by atoms with Crippen LogP contribution in [0.1, 0.15) is 26.7 Å². The van der Waals surface area contributed by atoms with Gasteiger partial charge in [-0.25, -0.2) is 4.79 Å². The first-order valence-electron chi connectivity index (χ1n) is 5.63. The van der Waals surface area contributed by atoms with Crippen LogP contribution in [0, 0.1) is 5.92 Å². The van der Waals surface area contributed by atoms with Gasteiger partial charge in [0.25, 0.3) is 0 Å². The molecule has 1 aliphatic heterocycles. The van der Waals surface area contributed by atoms with Crippen LogP contribution in [0.3, 0.4) is 0 Å². The maximum Gasteiger partial charge on any atom is 0.409 e. The van der Waals surface area contributed by atoms with E-state index in [9.17, 15) is 4.79 Å². The normalized spacial score (nSPS) is 26.9. The average Bonchev–Trinajstić information content (AvgIpc) is 2.26. The summed E-state index contributed by atoms with van der Waals surface area (Å²) in [7, 11) is 3.41. The molecule has 1 fully saturated rings. The number of nitrogens with one attached hydrogen (secondary N) is 1. The maximum absolute atomic E-state index is 11.6. The number of piperidine rings is 1. The number of rotatable bonds is 2. The molecule has 2 unspecified atom stereocenters. The van der Waals surface area contributed by atoms with Crippen molar-refractivity contribution in [1.29, 1.82) is 0 Å². The fourth-order valence-corrected chi connectivity index (χ4v) is 2.49. The third kappa shape index (κ3) is 2.62. The highest BCUT2D eigenvalue weighted by atomic mass is 16.5. The number of likely N-dealkylation sites (N-methyl/N-ethyl adjacent to an activating group) is 1. The molecule has 0 spiro atoms. The Morgan fingerprint density at radius 2 is 2.20 bits per heavy atom. The van der Waals surface area contributed by atoms with Crippen LogP contribution in [-0.2, 0) is 4.74 Å². The number of nitrogens with zero attached hydrogens (tertiary/aromatic N) is 1. The second-order valence-corrected chi connectivity index (χ2v) is 4.44. The SMILES string of the molecule is CNC1CCCN(C(=O)OC)C1C(C)C. The standard InChI is InChI=1S/C11H22N2O2/c1-8(2)10-9(12-3)6-5-7-13(10)11(14)15-4/h8-10,12H,5-7H2,1-4H3. The smallest absolute Gasteiger partial charge is 0.409 e. The van der Waals surface area contributed by atoms with Gasteiger partial charge in [-0.2, -0.15) is 0 Å². The quantitative estimate of drug-likeness (QED) is 0.756. The van der Waals surface area contributed by atoms with Crippen molar-refractivity contribution in [2.75, 3.05) is 20.7 Å². The molecule has 1 heterocycles. The Kier molecular flexibility index (Phi) is 4.39. The summed E-state index contributed by atoms with van der Waals surface area (Å²) >= 11 is 0.